The topological polar surface area (TPSA) is 84.2 Å². The van der Waals surface area contributed by atoms with Crippen molar-refractivity contribution in [3.8, 4) is 45.3 Å². The summed E-state index contributed by atoms with van der Waals surface area (Å²) in [4.78, 5) is 2.30. The van der Waals surface area contributed by atoms with Gasteiger partial charge in [-0.3, -0.25) is 0 Å². The summed E-state index contributed by atoms with van der Waals surface area (Å²) in [6, 6.07) is 59.8. The highest BCUT2D eigenvalue weighted by Gasteiger charge is 2.26. The third-order valence-electron chi connectivity index (χ3n) is 12.5. The molecule has 0 spiro atoms. The third kappa shape index (κ3) is 5.32. The first-order valence-corrected chi connectivity index (χ1v) is 22.0. The molecule has 0 fully saturated rings. The summed E-state index contributed by atoms with van der Waals surface area (Å²) in [6.07, 6.45) is 0. The zero-order chi connectivity index (χ0) is 41.8. The minimum Gasteiger partial charge on any atom is -0.504 e. The van der Waals surface area contributed by atoms with Crippen LogP contribution in [0, 0.1) is 6.92 Å². The van der Waals surface area contributed by atoms with Gasteiger partial charge in [-0.25, -0.2) is 0 Å². The molecule has 0 aliphatic heterocycles. The number of aromatic hydroxyl groups is 4. The molecule has 12 aromatic rings. The molecule has 2 aromatic heterocycles. The van der Waals surface area contributed by atoms with Crippen molar-refractivity contribution in [2.45, 2.75) is 6.92 Å². The van der Waals surface area contributed by atoms with Crippen LogP contribution in [0.25, 0.3) is 94.9 Å². The van der Waals surface area contributed by atoms with Crippen molar-refractivity contribution in [1.82, 2.24) is 0 Å². The van der Waals surface area contributed by atoms with Gasteiger partial charge in [0.15, 0.2) is 23.0 Å². The molecule has 0 bridgehead atoms. The Labute approximate surface area is 363 Å². The number of phenolic OH excluding ortho intramolecular Hbond substituents is 4. The molecule has 5 nitrogen and oxygen atoms in total. The molecule has 0 aliphatic carbocycles. The van der Waals surface area contributed by atoms with E-state index >= 15 is 0 Å². The van der Waals surface area contributed by atoms with E-state index in [1.54, 1.807) is 11.3 Å². The lowest BCUT2D eigenvalue weighted by atomic mass is 9.92. The molecule has 7 heteroatoms. The van der Waals surface area contributed by atoms with E-state index in [-0.39, 0.29) is 11.1 Å². The minimum absolute atomic E-state index is 0.000425. The summed E-state index contributed by atoms with van der Waals surface area (Å²) < 4.78 is 4.92. The Morgan fingerprint density at radius 1 is 0.387 bits per heavy atom. The van der Waals surface area contributed by atoms with Gasteiger partial charge in [-0.15, -0.1) is 22.7 Å². The van der Waals surface area contributed by atoms with Crippen LogP contribution in [-0.2, 0) is 0 Å². The van der Waals surface area contributed by atoms with Crippen LogP contribution in [0.5, 0.6) is 23.0 Å². The quantitative estimate of drug-likeness (QED) is 0.102. The van der Waals surface area contributed by atoms with E-state index in [2.05, 4.69) is 138 Å². The molecule has 296 valence electrons. The third-order valence-corrected chi connectivity index (χ3v) is 14.7. The standard InChI is InChI=1S/C55H35NO4S2/c1-30-52(57)54(59)51(55(60)53(30)58)42-24-26-45(39-15-7-5-13-37(39)42)56(33-20-22-43-49(29-33)62-47-27-19-31-10-2-3-11-35(31)50(43)47)44-25-23-34(36-12-4-6-14-38(36)44)32-18-21-41-40-16-8-9-17-46(40)61-48(41)28-32/h2-29,57-60H,1H3. The first kappa shape index (κ1) is 36.3. The van der Waals surface area contributed by atoms with Gasteiger partial charge in [0.1, 0.15) is 0 Å². The molecule has 4 N–H and O–H groups in total. The molecular formula is C55H35NO4S2. The van der Waals surface area contributed by atoms with E-state index in [9.17, 15) is 20.4 Å². The number of rotatable bonds is 5. The van der Waals surface area contributed by atoms with Crippen molar-refractivity contribution in [1.29, 1.82) is 0 Å². The number of benzene rings is 10. The van der Waals surface area contributed by atoms with E-state index < -0.39 is 23.0 Å². The van der Waals surface area contributed by atoms with Gasteiger partial charge >= 0.3 is 0 Å². The van der Waals surface area contributed by atoms with Crippen LogP contribution >= 0.6 is 22.7 Å². The van der Waals surface area contributed by atoms with E-state index in [4.69, 9.17) is 0 Å². The molecule has 0 radical (unpaired) electrons. The second-order valence-corrected chi connectivity index (χ2v) is 18.0. The van der Waals surface area contributed by atoms with E-state index in [0.717, 1.165) is 54.4 Å². The van der Waals surface area contributed by atoms with Crippen molar-refractivity contribution >= 4 is 112 Å². The Morgan fingerprint density at radius 3 is 1.66 bits per heavy atom. The Bertz CT molecular complexity index is 3820. The Balaban J connectivity index is 1.11. The lowest BCUT2D eigenvalue weighted by molar-refractivity contribution is 0.371. The maximum Gasteiger partial charge on any atom is 0.169 e. The second kappa shape index (κ2) is 13.7. The monoisotopic (exact) mass is 837 g/mol. The minimum atomic E-state index is -0.495. The number of nitrogens with zero attached hydrogens (tertiary/aromatic N) is 1. The van der Waals surface area contributed by atoms with Crippen LogP contribution in [0.3, 0.4) is 0 Å². The summed E-state index contributed by atoms with van der Waals surface area (Å²) in [7, 11) is 0. The number of anilines is 3. The first-order chi connectivity index (χ1) is 30.3. The number of hydrogen-bond donors (Lipinski definition) is 4. The van der Waals surface area contributed by atoms with Crippen LogP contribution in [0.1, 0.15) is 5.56 Å². The first-order valence-electron chi connectivity index (χ1n) is 20.4. The normalized spacial score (nSPS) is 11.9. The second-order valence-electron chi connectivity index (χ2n) is 15.8. The molecule has 0 amide bonds. The summed E-state index contributed by atoms with van der Waals surface area (Å²) in [5.41, 5.74) is 5.54. The van der Waals surface area contributed by atoms with Crippen LogP contribution in [0.2, 0.25) is 0 Å². The van der Waals surface area contributed by atoms with Crippen LogP contribution in [0.15, 0.2) is 170 Å². The van der Waals surface area contributed by atoms with E-state index in [1.165, 1.54) is 53.3 Å². The van der Waals surface area contributed by atoms with Gasteiger partial charge < -0.3 is 25.3 Å². The molecule has 12 rings (SSSR count). The van der Waals surface area contributed by atoms with Gasteiger partial charge in [0.2, 0.25) is 0 Å². The van der Waals surface area contributed by atoms with Crippen molar-refractivity contribution in [2.24, 2.45) is 0 Å². The fraction of sp³-hybridized carbons (Fsp3) is 0.0182. The predicted octanol–water partition coefficient (Wildman–Crippen LogP) is 15.8. The van der Waals surface area contributed by atoms with Gasteiger partial charge in [0, 0.05) is 62.4 Å². The lowest BCUT2D eigenvalue weighted by Crippen LogP contribution is -2.11. The fourth-order valence-electron chi connectivity index (χ4n) is 9.47. The summed E-state index contributed by atoms with van der Waals surface area (Å²) in [5.74, 6) is -1.95. The van der Waals surface area contributed by atoms with Gasteiger partial charge in [-0.1, -0.05) is 127 Å². The zero-order valence-electron chi connectivity index (χ0n) is 33.2. The number of thiophene rings is 2. The number of phenols is 4. The average molecular weight is 838 g/mol. The van der Waals surface area contributed by atoms with Crippen molar-refractivity contribution < 1.29 is 20.4 Å². The molecule has 0 aliphatic rings. The smallest absolute Gasteiger partial charge is 0.169 e. The van der Waals surface area contributed by atoms with Gasteiger partial charge in [-0.2, -0.15) is 0 Å². The van der Waals surface area contributed by atoms with Gasteiger partial charge in [-0.05, 0) is 87.6 Å². The summed E-state index contributed by atoms with van der Waals surface area (Å²) >= 11 is 3.61. The van der Waals surface area contributed by atoms with E-state index in [1.807, 2.05) is 47.7 Å². The van der Waals surface area contributed by atoms with Crippen LogP contribution in [0.4, 0.5) is 17.1 Å². The highest BCUT2D eigenvalue weighted by molar-refractivity contribution is 7.26. The Hall–Kier alpha value is -7.58. The summed E-state index contributed by atoms with van der Waals surface area (Å²) in [5, 5.41) is 55.4. The number of hydrogen-bond acceptors (Lipinski definition) is 7. The molecular weight excluding hydrogens is 803 g/mol. The Kier molecular flexibility index (Phi) is 8.03. The average Bonchev–Trinajstić information content (AvgIpc) is 3.89. The van der Waals surface area contributed by atoms with E-state index in [0.29, 0.717) is 5.56 Å². The van der Waals surface area contributed by atoms with Crippen molar-refractivity contribution in [3.63, 3.8) is 0 Å². The van der Waals surface area contributed by atoms with Gasteiger partial charge in [0.05, 0.1) is 16.9 Å². The van der Waals surface area contributed by atoms with Gasteiger partial charge in [0.25, 0.3) is 0 Å². The maximum absolute atomic E-state index is 11.3. The molecule has 0 saturated heterocycles. The molecule has 2 heterocycles. The van der Waals surface area contributed by atoms with Crippen LogP contribution in [-0.4, -0.2) is 20.4 Å². The summed E-state index contributed by atoms with van der Waals surface area (Å²) in [6.45, 7) is 1.45. The molecule has 0 saturated carbocycles. The van der Waals surface area contributed by atoms with Crippen molar-refractivity contribution in [2.75, 3.05) is 4.90 Å². The molecule has 62 heavy (non-hydrogen) atoms. The highest BCUT2D eigenvalue weighted by Crippen LogP contribution is 2.54. The predicted molar refractivity (Wildman–Crippen MR) is 262 cm³/mol. The molecule has 0 unspecified atom stereocenters. The van der Waals surface area contributed by atoms with Crippen LogP contribution < -0.4 is 4.90 Å². The highest BCUT2D eigenvalue weighted by atomic mass is 32.1. The maximum atomic E-state index is 11.3. The number of fused-ring (bicyclic) bond motifs is 10. The molecule has 10 aromatic carbocycles. The largest absolute Gasteiger partial charge is 0.504 e. The Morgan fingerprint density at radius 2 is 0.935 bits per heavy atom. The SMILES string of the molecule is Cc1c(O)c(O)c(-c2ccc(N(c3ccc4c(c3)sc3ccc5ccccc5c34)c3ccc(-c4ccc5c(c4)sc4ccccc45)c4ccccc34)c3ccccc23)c(O)c1O. The molecule has 0 atom stereocenters. The van der Waals surface area contributed by atoms with Crippen molar-refractivity contribution in [3.05, 3.63) is 175 Å². The zero-order valence-corrected chi connectivity index (χ0v) is 34.9. The lowest BCUT2D eigenvalue weighted by Gasteiger charge is -2.29. The fourth-order valence-corrected chi connectivity index (χ4v) is 11.8.